The minimum absolute atomic E-state index is 0.0416. The Bertz CT molecular complexity index is 1180. The SMILES string of the molecule is Cc1cc(-c2nc(C3CCCC(C)C3)n(CC(=O)N3CCc4nc(N)sc4CC3)n2)ccc1F. The largest absolute Gasteiger partial charge is 0.375 e. The second kappa shape index (κ2) is 9.44. The summed E-state index contributed by atoms with van der Waals surface area (Å²) in [5.74, 6) is 2.14. The highest BCUT2D eigenvalue weighted by molar-refractivity contribution is 7.15. The monoisotopic (exact) mass is 482 g/mol. The Balaban J connectivity index is 1.40. The van der Waals surface area contributed by atoms with E-state index in [-0.39, 0.29) is 24.2 Å². The predicted molar refractivity (Wildman–Crippen MR) is 131 cm³/mol. The van der Waals surface area contributed by atoms with Crippen LogP contribution in [0.15, 0.2) is 18.2 Å². The molecule has 2 N–H and O–H groups in total. The van der Waals surface area contributed by atoms with Gasteiger partial charge in [0.05, 0.1) is 5.69 Å². The zero-order valence-electron chi connectivity index (χ0n) is 19.8. The Labute approximate surface area is 203 Å². The highest BCUT2D eigenvalue weighted by atomic mass is 32.1. The molecule has 0 radical (unpaired) electrons. The molecule has 3 aromatic rings. The lowest BCUT2D eigenvalue weighted by molar-refractivity contribution is -0.132. The average molecular weight is 483 g/mol. The number of nitrogen functional groups attached to an aromatic ring is 1. The van der Waals surface area contributed by atoms with Crippen LogP contribution in [-0.4, -0.2) is 43.6 Å². The van der Waals surface area contributed by atoms with Crippen LogP contribution in [0.5, 0.6) is 0 Å². The van der Waals surface area contributed by atoms with Crippen molar-refractivity contribution in [3.8, 4) is 11.4 Å². The van der Waals surface area contributed by atoms with Gasteiger partial charge in [-0.05, 0) is 49.4 Å². The molecule has 9 heteroatoms. The number of hydrogen-bond donors (Lipinski definition) is 1. The molecule has 1 aliphatic heterocycles. The molecule has 0 spiro atoms. The predicted octanol–water partition coefficient (Wildman–Crippen LogP) is 4.35. The number of aryl methyl sites for hydroxylation is 1. The number of hydrogen-bond acceptors (Lipinski definition) is 6. The molecule has 0 bridgehead atoms. The van der Waals surface area contributed by atoms with E-state index in [1.165, 1.54) is 28.7 Å². The van der Waals surface area contributed by atoms with Crippen LogP contribution >= 0.6 is 11.3 Å². The van der Waals surface area contributed by atoms with Gasteiger partial charge in [0.2, 0.25) is 5.91 Å². The number of rotatable bonds is 4. The van der Waals surface area contributed by atoms with E-state index in [2.05, 4.69) is 11.9 Å². The van der Waals surface area contributed by atoms with Crippen LogP contribution in [-0.2, 0) is 24.2 Å². The molecule has 180 valence electrons. The molecule has 3 heterocycles. The summed E-state index contributed by atoms with van der Waals surface area (Å²) in [4.78, 5) is 25.8. The Hall–Kier alpha value is -2.81. The maximum atomic E-state index is 13.8. The molecule has 1 aliphatic carbocycles. The van der Waals surface area contributed by atoms with Gasteiger partial charge in [-0.3, -0.25) is 4.79 Å². The van der Waals surface area contributed by atoms with E-state index in [1.807, 2.05) is 4.90 Å². The number of aromatic nitrogens is 4. The van der Waals surface area contributed by atoms with Gasteiger partial charge in [-0.15, -0.1) is 11.3 Å². The van der Waals surface area contributed by atoms with Crippen molar-refractivity contribution in [1.29, 1.82) is 0 Å². The van der Waals surface area contributed by atoms with E-state index in [0.29, 0.717) is 35.5 Å². The number of fused-ring (bicyclic) bond motifs is 1. The second-order valence-corrected chi connectivity index (χ2v) is 10.8. The third-order valence-electron chi connectivity index (χ3n) is 7.08. The number of benzene rings is 1. The number of nitrogens with zero attached hydrogens (tertiary/aromatic N) is 5. The smallest absolute Gasteiger partial charge is 0.244 e. The summed E-state index contributed by atoms with van der Waals surface area (Å²) in [5.41, 5.74) is 8.21. The summed E-state index contributed by atoms with van der Waals surface area (Å²) in [5, 5.41) is 5.36. The third-order valence-corrected chi connectivity index (χ3v) is 8.06. The number of nitrogens with two attached hydrogens (primary N) is 1. The topological polar surface area (TPSA) is 89.9 Å². The highest BCUT2D eigenvalue weighted by Gasteiger charge is 2.28. The lowest BCUT2D eigenvalue weighted by Crippen LogP contribution is -2.36. The third kappa shape index (κ3) is 4.71. The zero-order chi connectivity index (χ0) is 23.8. The first kappa shape index (κ1) is 23.0. The summed E-state index contributed by atoms with van der Waals surface area (Å²) in [6.07, 6.45) is 5.98. The number of carbonyl (C=O) groups excluding carboxylic acids is 1. The van der Waals surface area contributed by atoms with Crippen LogP contribution in [0.2, 0.25) is 0 Å². The average Bonchev–Trinajstić information content (AvgIpc) is 3.32. The van der Waals surface area contributed by atoms with Crippen molar-refractivity contribution >= 4 is 22.4 Å². The maximum Gasteiger partial charge on any atom is 0.244 e. The lowest BCUT2D eigenvalue weighted by atomic mass is 9.82. The minimum atomic E-state index is -0.245. The Kier molecular flexibility index (Phi) is 6.38. The van der Waals surface area contributed by atoms with Gasteiger partial charge in [0, 0.05) is 42.3 Å². The van der Waals surface area contributed by atoms with Gasteiger partial charge >= 0.3 is 0 Å². The Morgan fingerprint density at radius 3 is 2.85 bits per heavy atom. The van der Waals surface area contributed by atoms with Crippen molar-refractivity contribution < 1.29 is 9.18 Å². The van der Waals surface area contributed by atoms with Crippen molar-refractivity contribution in [3.05, 3.63) is 46.0 Å². The molecule has 2 atom stereocenters. The van der Waals surface area contributed by atoms with Crippen molar-refractivity contribution in [1.82, 2.24) is 24.6 Å². The van der Waals surface area contributed by atoms with Gasteiger partial charge in [-0.1, -0.05) is 19.8 Å². The van der Waals surface area contributed by atoms with E-state index in [1.54, 1.807) is 23.7 Å². The number of carbonyl (C=O) groups is 1. The molecule has 1 aromatic carbocycles. The summed E-state index contributed by atoms with van der Waals surface area (Å²) >= 11 is 1.52. The molecule has 0 saturated heterocycles. The van der Waals surface area contributed by atoms with E-state index < -0.39 is 0 Å². The maximum absolute atomic E-state index is 13.8. The van der Waals surface area contributed by atoms with Gasteiger partial charge in [0.1, 0.15) is 18.2 Å². The molecule has 1 saturated carbocycles. The molecule has 2 aromatic heterocycles. The van der Waals surface area contributed by atoms with Gasteiger partial charge < -0.3 is 10.6 Å². The first-order chi connectivity index (χ1) is 16.4. The first-order valence-corrected chi connectivity index (χ1v) is 12.9. The molecule has 5 rings (SSSR count). The molecule has 2 unspecified atom stereocenters. The molecule has 1 fully saturated rings. The molecule has 34 heavy (non-hydrogen) atoms. The number of thiazole rings is 1. The van der Waals surface area contributed by atoms with Gasteiger partial charge in [0.15, 0.2) is 11.0 Å². The van der Waals surface area contributed by atoms with Crippen molar-refractivity contribution in [3.63, 3.8) is 0 Å². The van der Waals surface area contributed by atoms with Crippen LogP contribution in [0.4, 0.5) is 9.52 Å². The lowest BCUT2D eigenvalue weighted by Gasteiger charge is -2.26. The fourth-order valence-corrected chi connectivity index (χ4v) is 6.08. The quantitative estimate of drug-likeness (QED) is 0.597. The molecule has 2 aliphatic rings. The standard InChI is InChI=1S/C25H31FN6OS/c1-15-4-3-5-18(12-15)24-29-23(17-6-7-19(26)16(2)13-17)30-32(24)14-22(33)31-10-8-20-21(9-11-31)34-25(27)28-20/h6-7,13,15,18H,3-5,8-12,14H2,1-2H3,(H2,27,28). The number of anilines is 1. The van der Waals surface area contributed by atoms with E-state index in [4.69, 9.17) is 15.8 Å². The zero-order valence-corrected chi connectivity index (χ0v) is 20.6. The molecule has 7 nitrogen and oxygen atoms in total. The van der Waals surface area contributed by atoms with Crippen LogP contribution < -0.4 is 5.73 Å². The van der Waals surface area contributed by atoms with Gasteiger partial charge in [-0.25, -0.2) is 19.0 Å². The molecule has 1 amide bonds. The minimum Gasteiger partial charge on any atom is -0.375 e. The van der Waals surface area contributed by atoms with Crippen LogP contribution in [0.1, 0.15) is 60.5 Å². The van der Waals surface area contributed by atoms with Gasteiger partial charge in [0.25, 0.3) is 0 Å². The molecular formula is C25H31FN6OS. The summed E-state index contributed by atoms with van der Waals surface area (Å²) < 4.78 is 15.6. The van der Waals surface area contributed by atoms with Crippen LogP contribution in [0, 0.1) is 18.7 Å². The Morgan fingerprint density at radius 1 is 1.24 bits per heavy atom. The van der Waals surface area contributed by atoms with Crippen molar-refractivity contribution in [2.45, 2.75) is 64.8 Å². The normalized spacial score (nSPS) is 20.7. The van der Waals surface area contributed by atoms with Gasteiger partial charge in [-0.2, -0.15) is 5.10 Å². The van der Waals surface area contributed by atoms with Crippen LogP contribution in [0.3, 0.4) is 0 Å². The fourth-order valence-electron chi connectivity index (χ4n) is 5.21. The molecular weight excluding hydrogens is 451 g/mol. The summed E-state index contributed by atoms with van der Waals surface area (Å²) in [6.45, 7) is 5.46. The number of amides is 1. The highest BCUT2D eigenvalue weighted by Crippen LogP contribution is 2.36. The van der Waals surface area contributed by atoms with E-state index in [9.17, 15) is 9.18 Å². The number of halogens is 1. The second-order valence-electron chi connectivity index (χ2n) is 9.69. The van der Waals surface area contributed by atoms with Crippen LogP contribution in [0.25, 0.3) is 11.4 Å². The van der Waals surface area contributed by atoms with E-state index >= 15 is 0 Å². The summed E-state index contributed by atoms with van der Waals surface area (Å²) in [7, 11) is 0. The fraction of sp³-hybridized carbons (Fsp3) is 0.520. The van der Waals surface area contributed by atoms with E-state index in [0.717, 1.165) is 49.2 Å². The van der Waals surface area contributed by atoms with Crippen molar-refractivity contribution in [2.24, 2.45) is 5.92 Å². The Morgan fingerprint density at radius 2 is 2.06 bits per heavy atom. The first-order valence-electron chi connectivity index (χ1n) is 12.1. The summed E-state index contributed by atoms with van der Waals surface area (Å²) in [6, 6.07) is 4.94. The van der Waals surface area contributed by atoms with Crippen molar-refractivity contribution in [2.75, 3.05) is 18.8 Å².